The molecule has 0 radical (unpaired) electrons. The standard InChI is InChI=1S/C18H28N2O2/c1-14-5-4-6-17(13-14)19-16-9-11-20(12-10-16)18(21)8-7-15(2)22-3/h4-6,13,15-16,19H,7-12H2,1-3H3/t15-/m1/s1. The minimum absolute atomic E-state index is 0.157. The van der Waals surface area contributed by atoms with Crippen LogP contribution in [0.4, 0.5) is 5.69 Å². The van der Waals surface area contributed by atoms with E-state index >= 15 is 0 Å². The molecule has 1 atom stereocenters. The molecule has 0 aliphatic carbocycles. The number of nitrogens with one attached hydrogen (secondary N) is 1. The molecule has 4 heteroatoms. The van der Waals surface area contributed by atoms with E-state index in [9.17, 15) is 4.79 Å². The number of amides is 1. The van der Waals surface area contributed by atoms with Crippen LogP contribution in [0.1, 0.15) is 38.2 Å². The SMILES string of the molecule is CO[C@H](C)CCC(=O)N1CCC(Nc2cccc(C)c2)CC1. The van der Waals surface area contributed by atoms with Crippen LogP contribution < -0.4 is 5.32 Å². The molecule has 1 fully saturated rings. The molecule has 1 amide bonds. The fourth-order valence-electron chi connectivity index (χ4n) is 2.85. The zero-order valence-electron chi connectivity index (χ0n) is 14.0. The van der Waals surface area contributed by atoms with E-state index in [-0.39, 0.29) is 12.0 Å². The molecule has 1 aromatic carbocycles. The fraction of sp³-hybridized carbons (Fsp3) is 0.611. The van der Waals surface area contributed by atoms with Gasteiger partial charge in [-0.15, -0.1) is 0 Å². The second-order valence-electron chi connectivity index (χ2n) is 6.25. The number of likely N-dealkylation sites (tertiary alicyclic amines) is 1. The Kier molecular flexibility index (Phi) is 6.25. The molecule has 0 bridgehead atoms. The molecule has 0 saturated carbocycles. The molecule has 0 unspecified atom stereocenters. The summed E-state index contributed by atoms with van der Waals surface area (Å²) in [5.41, 5.74) is 2.45. The Bertz CT molecular complexity index is 482. The molecule has 0 spiro atoms. The highest BCUT2D eigenvalue weighted by Crippen LogP contribution is 2.18. The van der Waals surface area contributed by atoms with Gasteiger partial charge in [0.1, 0.15) is 0 Å². The van der Waals surface area contributed by atoms with Gasteiger partial charge in [0.15, 0.2) is 0 Å². The van der Waals surface area contributed by atoms with E-state index in [1.165, 1.54) is 11.3 Å². The number of rotatable bonds is 6. The van der Waals surface area contributed by atoms with Crippen molar-refractivity contribution in [2.24, 2.45) is 0 Å². The second-order valence-corrected chi connectivity index (χ2v) is 6.25. The average molecular weight is 304 g/mol. The van der Waals surface area contributed by atoms with Gasteiger partial charge in [-0.2, -0.15) is 0 Å². The summed E-state index contributed by atoms with van der Waals surface area (Å²) >= 11 is 0. The topological polar surface area (TPSA) is 41.6 Å². The molecule has 1 aliphatic rings. The van der Waals surface area contributed by atoms with Crippen LogP contribution in [0, 0.1) is 6.92 Å². The lowest BCUT2D eigenvalue weighted by Gasteiger charge is -2.33. The maximum Gasteiger partial charge on any atom is 0.222 e. The summed E-state index contributed by atoms with van der Waals surface area (Å²) in [6.45, 7) is 5.81. The number of ether oxygens (including phenoxy) is 1. The van der Waals surface area contributed by atoms with Crippen LogP contribution in [0.3, 0.4) is 0 Å². The smallest absolute Gasteiger partial charge is 0.222 e. The maximum absolute atomic E-state index is 12.2. The third kappa shape index (κ3) is 5.02. The molecule has 0 aromatic heterocycles. The van der Waals surface area contributed by atoms with Crippen molar-refractivity contribution in [3.63, 3.8) is 0 Å². The number of carbonyl (C=O) groups excluding carboxylic acids is 1. The predicted octanol–water partition coefficient (Wildman–Crippen LogP) is 3.21. The van der Waals surface area contributed by atoms with E-state index in [4.69, 9.17) is 4.74 Å². The third-order valence-corrected chi connectivity index (χ3v) is 4.40. The van der Waals surface area contributed by atoms with Crippen molar-refractivity contribution >= 4 is 11.6 Å². The Morgan fingerprint density at radius 2 is 2.14 bits per heavy atom. The van der Waals surface area contributed by atoms with Crippen LogP contribution in [0.2, 0.25) is 0 Å². The quantitative estimate of drug-likeness (QED) is 0.877. The van der Waals surface area contributed by atoms with Gasteiger partial charge >= 0.3 is 0 Å². The minimum atomic E-state index is 0.157. The van der Waals surface area contributed by atoms with Gasteiger partial charge in [0.2, 0.25) is 5.91 Å². The Balaban J connectivity index is 1.74. The van der Waals surface area contributed by atoms with E-state index in [0.717, 1.165) is 32.4 Å². The number of hydrogen-bond donors (Lipinski definition) is 1. The Morgan fingerprint density at radius 1 is 1.41 bits per heavy atom. The summed E-state index contributed by atoms with van der Waals surface area (Å²) in [4.78, 5) is 14.2. The summed E-state index contributed by atoms with van der Waals surface area (Å²) in [5, 5.41) is 3.58. The second kappa shape index (κ2) is 8.18. The first kappa shape index (κ1) is 16.8. The number of benzene rings is 1. The number of piperidine rings is 1. The first-order chi connectivity index (χ1) is 10.6. The Labute approximate surface area is 133 Å². The van der Waals surface area contributed by atoms with Gasteiger partial charge in [0.25, 0.3) is 0 Å². The highest BCUT2D eigenvalue weighted by atomic mass is 16.5. The number of aryl methyl sites for hydroxylation is 1. The highest BCUT2D eigenvalue weighted by Gasteiger charge is 2.22. The van der Waals surface area contributed by atoms with E-state index in [1.807, 2.05) is 11.8 Å². The molecule has 1 saturated heterocycles. The average Bonchev–Trinajstić information content (AvgIpc) is 2.53. The van der Waals surface area contributed by atoms with Crippen molar-refractivity contribution in [2.75, 3.05) is 25.5 Å². The zero-order valence-corrected chi connectivity index (χ0v) is 14.0. The lowest BCUT2D eigenvalue weighted by Crippen LogP contribution is -2.42. The third-order valence-electron chi connectivity index (χ3n) is 4.40. The van der Waals surface area contributed by atoms with Gasteiger partial charge in [0, 0.05) is 38.3 Å². The number of methoxy groups -OCH3 is 1. The molecular weight excluding hydrogens is 276 g/mol. The number of nitrogens with zero attached hydrogens (tertiary/aromatic N) is 1. The minimum Gasteiger partial charge on any atom is -0.382 e. The molecule has 1 N–H and O–H groups in total. The van der Waals surface area contributed by atoms with E-state index in [1.54, 1.807) is 7.11 Å². The monoisotopic (exact) mass is 304 g/mol. The van der Waals surface area contributed by atoms with Crippen LogP contribution in [-0.2, 0) is 9.53 Å². The summed E-state index contributed by atoms with van der Waals surface area (Å²) in [6, 6.07) is 8.92. The molecule has 4 nitrogen and oxygen atoms in total. The Hall–Kier alpha value is -1.55. The first-order valence-electron chi connectivity index (χ1n) is 8.22. The van der Waals surface area contributed by atoms with Crippen LogP contribution in [0.25, 0.3) is 0 Å². The largest absolute Gasteiger partial charge is 0.382 e. The number of anilines is 1. The van der Waals surface area contributed by atoms with Crippen molar-refractivity contribution in [2.45, 2.75) is 51.7 Å². The zero-order chi connectivity index (χ0) is 15.9. The van der Waals surface area contributed by atoms with Crippen molar-refractivity contribution in [1.82, 2.24) is 4.90 Å². The fourth-order valence-corrected chi connectivity index (χ4v) is 2.85. The predicted molar refractivity (Wildman–Crippen MR) is 90.1 cm³/mol. The van der Waals surface area contributed by atoms with Crippen LogP contribution in [0.15, 0.2) is 24.3 Å². The first-order valence-corrected chi connectivity index (χ1v) is 8.22. The molecule has 122 valence electrons. The van der Waals surface area contributed by atoms with Crippen LogP contribution in [-0.4, -0.2) is 43.2 Å². The van der Waals surface area contributed by atoms with E-state index in [2.05, 4.69) is 36.5 Å². The lowest BCUT2D eigenvalue weighted by molar-refractivity contribution is -0.132. The maximum atomic E-state index is 12.2. The molecule has 1 heterocycles. The normalized spacial score (nSPS) is 17.3. The van der Waals surface area contributed by atoms with E-state index < -0.39 is 0 Å². The Morgan fingerprint density at radius 3 is 2.77 bits per heavy atom. The lowest BCUT2D eigenvalue weighted by atomic mass is 10.0. The van der Waals surface area contributed by atoms with Gasteiger partial charge in [-0.25, -0.2) is 0 Å². The number of hydrogen-bond acceptors (Lipinski definition) is 3. The summed E-state index contributed by atoms with van der Waals surface area (Å²) in [5.74, 6) is 0.262. The van der Waals surface area contributed by atoms with Gasteiger partial charge < -0.3 is 15.0 Å². The number of carbonyl (C=O) groups is 1. The highest BCUT2D eigenvalue weighted by molar-refractivity contribution is 5.76. The molecular formula is C18H28N2O2. The van der Waals surface area contributed by atoms with Gasteiger partial charge in [-0.1, -0.05) is 12.1 Å². The van der Waals surface area contributed by atoms with Crippen LogP contribution >= 0.6 is 0 Å². The van der Waals surface area contributed by atoms with Crippen molar-refractivity contribution in [1.29, 1.82) is 0 Å². The summed E-state index contributed by atoms with van der Waals surface area (Å²) < 4.78 is 5.20. The molecule has 1 aliphatic heterocycles. The molecule has 22 heavy (non-hydrogen) atoms. The van der Waals surface area contributed by atoms with Crippen molar-refractivity contribution in [3.8, 4) is 0 Å². The summed E-state index contributed by atoms with van der Waals surface area (Å²) in [7, 11) is 1.69. The van der Waals surface area contributed by atoms with Crippen molar-refractivity contribution < 1.29 is 9.53 Å². The molecule has 1 aromatic rings. The van der Waals surface area contributed by atoms with Gasteiger partial charge in [-0.05, 0) is 50.8 Å². The molecule has 2 rings (SSSR count). The van der Waals surface area contributed by atoms with Gasteiger partial charge in [-0.3, -0.25) is 4.79 Å². The van der Waals surface area contributed by atoms with Gasteiger partial charge in [0.05, 0.1) is 6.10 Å². The van der Waals surface area contributed by atoms with E-state index in [0.29, 0.717) is 12.5 Å². The summed E-state index contributed by atoms with van der Waals surface area (Å²) in [6.07, 6.45) is 3.57. The van der Waals surface area contributed by atoms with Crippen LogP contribution in [0.5, 0.6) is 0 Å². The van der Waals surface area contributed by atoms with Crippen molar-refractivity contribution in [3.05, 3.63) is 29.8 Å².